The number of hydrogen-bond acceptors (Lipinski definition) is 6. The first-order valence-electron chi connectivity index (χ1n) is 10.0. The van der Waals surface area contributed by atoms with Crippen LogP contribution in [0.4, 0.5) is 14.9 Å². The SMILES string of the molecule is CN(Cc1cc(-c2ccccc2F)n(S(=O)(=O)c2cccc(N=O)c2)c1)C(=O)OC(C)(C)C. The third-order valence-electron chi connectivity index (χ3n) is 4.60. The molecule has 0 saturated carbocycles. The number of nitroso groups, excluding NO2 is 1. The van der Waals surface area contributed by atoms with Gasteiger partial charge in [-0.3, -0.25) is 0 Å². The summed E-state index contributed by atoms with van der Waals surface area (Å²) in [4.78, 5) is 24.3. The molecule has 174 valence electrons. The molecular formula is C23H24FN3O5S. The molecule has 0 aliphatic carbocycles. The van der Waals surface area contributed by atoms with Crippen molar-refractivity contribution in [2.75, 3.05) is 7.05 Å². The third-order valence-corrected chi connectivity index (χ3v) is 6.27. The van der Waals surface area contributed by atoms with Crippen molar-refractivity contribution in [1.82, 2.24) is 8.87 Å². The minimum absolute atomic E-state index is 0.0226. The Morgan fingerprint density at radius 1 is 1.12 bits per heavy atom. The van der Waals surface area contributed by atoms with Gasteiger partial charge >= 0.3 is 6.09 Å². The smallest absolute Gasteiger partial charge is 0.410 e. The van der Waals surface area contributed by atoms with Crippen LogP contribution >= 0.6 is 0 Å². The number of hydrogen-bond donors (Lipinski definition) is 0. The Labute approximate surface area is 191 Å². The number of halogens is 1. The fourth-order valence-corrected chi connectivity index (χ4v) is 4.57. The second-order valence-electron chi connectivity index (χ2n) is 8.44. The minimum atomic E-state index is -4.21. The number of amides is 1. The highest BCUT2D eigenvalue weighted by Gasteiger charge is 2.25. The van der Waals surface area contributed by atoms with Crippen LogP contribution in [0.5, 0.6) is 0 Å². The first-order chi connectivity index (χ1) is 15.4. The number of ether oxygens (including phenoxy) is 1. The molecule has 1 heterocycles. The molecule has 33 heavy (non-hydrogen) atoms. The van der Waals surface area contributed by atoms with Gasteiger partial charge in [-0.1, -0.05) is 18.2 Å². The number of benzene rings is 2. The summed E-state index contributed by atoms with van der Waals surface area (Å²) >= 11 is 0. The summed E-state index contributed by atoms with van der Waals surface area (Å²) in [5, 5.41) is 2.78. The zero-order valence-corrected chi connectivity index (χ0v) is 19.5. The standard InChI is InChI=1S/C23H24FN3O5S/c1-23(2,3)32-22(28)26(4)14-16-12-21(19-10-5-6-11-20(19)24)27(15-16)33(30,31)18-9-7-8-17(13-18)25-29/h5-13,15H,14H2,1-4H3. The van der Waals surface area contributed by atoms with E-state index >= 15 is 0 Å². The van der Waals surface area contributed by atoms with E-state index in [4.69, 9.17) is 4.74 Å². The molecular weight excluding hydrogens is 449 g/mol. The molecule has 1 amide bonds. The van der Waals surface area contributed by atoms with Crippen LogP contribution in [0.15, 0.2) is 70.9 Å². The average molecular weight is 474 g/mol. The summed E-state index contributed by atoms with van der Waals surface area (Å²) in [5.74, 6) is -0.609. The molecule has 0 aliphatic rings. The molecule has 1 aromatic heterocycles. The Morgan fingerprint density at radius 3 is 2.45 bits per heavy atom. The van der Waals surface area contributed by atoms with Crippen molar-refractivity contribution in [3.05, 3.63) is 77.1 Å². The number of aromatic nitrogens is 1. The first-order valence-corrected chi connectivity index (χ1v) is 11.5. The van der Waals surface area contributed by atoms with Crippen LogP contribution in [0.3, 0.4) is 0 Å². The molecule has 0 atom stereocenters. The molecule has 3 rings (SSSR count). The van der Waals surface area contributed by atoms with Gasteiger partial charge < -0.3 is 9.64 Å². The van der Waals surface area contributed by atoms with Crippen LogP contribution in [-0.2, 0) is 21.3 Å². The van der Waals surface area contributed by atoms with Crippen molar-refractivity contribution in [1.29, 1.82) is 0 Å². The van der Waals surface area contributed by atoms with E-state index in [1.165, 1.54) is 60.6 Å². The van der Waals surface area contributed by atoms with Crippen LogP contribution < -0.4 is 0 Å². The van der Waals surface area contributed by atoms with Gasteiger partial charge in [0.2, 0.25) is 0 Å². The molecule has 0 unspecified atom stereocenters. The maximum atomic E-state index is 14.6. The fourth-order valence-electron chi connectivity index (χ4n) is 3.14. The molecule has 0 saturated heterocycles. The molecule has 2 aromatic carbocycles. The van der Waals surface area contributed by atoms with Gasteiger partial charge in [-0.05, 0) is 67.9 Å². The second kappa shape index (κ2) is 9.14. The highest BCUT2D eigenvalue weighted by atomic mass is 32.2. The van der Waals surface area contributed by atoms with Crippen molar-refractivity contribution in [2.24, 2.45) is 5.18 Å². The van der Waals surface area contributed by atoms with E-state index in [1.54, 1.807) is 26.8 Å². The number of carbonyl (C=O) groups excluding carboxylic acids is 1. The van der Waals surface area contributed by atoms with Crippen LogP contribution in [0.25, 0.3) is 11.3 Å². The van der Waals surface area contributed by atoms with Gasteiger partial charge in [-0.15, -0.1) is 4.91 Å². The summed E-state index contributed by atoms with van der Waals surface area (Å²) in [5.41, 5.74) is -0.172. The van der Waals surface area contributed by atoms with Crippen molar-refractivity contribution >= 4 is 21.8 Å². The molecule has 0 aliphatic heterocycles. The van der Waals surface area contributed by atoms with E-state index in [-0.39, 0.29) is 28.4 Å². The predicted molar refractivity (Wildman–Crippen MR) is 122 cm³/mol. The monoisotopic (exact) mass is 473 g/mol. The quantitative estimate of drug-likeness (QED) is 0.453. The molecule has 0 N–H and O–H groups in total. The van der Waals surface area contributed by atoms with E-state index in [2.05, 4.69) is 5.18 Å². The van der Waals surface area contributed by atoms with Crippen molar-refractivity contribution in [3.8, 4) is 11.3 Å². The minimum Gasteiger partial charge on any atom is -0.444 e. The molecule has 0 spiro atoms. The Bertz CT molecular complexity index is 1300. The Morgan fingerprint density at radius 2 is 1.82 bits per heavy atom. The van der Waals surface area contributed by atoms with Gasteiger partial charge in [0.1, 0.15) is 17.1 Å². The normalized spacial score (nSPS) is 11.8. The van der Waals surface area contributed by atoms with E-state index in [9.17, 15) is 22.5 Å². The molecule has 3 aromatic rings. The van der Waals surface area contributed by atoms with Crippen LogP contribution in [0.2, 0.25) is 0 Å². The largest absolute Gasteiger partial charge is 0.444 e. The van der Waals surface area contributed by atoms with Crippen LogP contribution in [0, 0.1) is 10.7 Å². The van der Waals surface area contributed by atoms with Gasteiger partial charge in [0.15, 0.2) is 0 Å². The van der Waals surface area contributed by atoms with Gasteiger partial charge in [0.25, 0.3) is 10.0 Å². The lowest BCUT2D eigenvalue weighted by atomic mass is 10.1. The Kier molecular flexibility index (Phi) is 6.68. The lowest BCUT2D eigenvalue weighted by Crippen LogP contribution is -2.33. The first kappa shape index (κ1) is 24.1. The van der Waals surface area contributed by atoms with E-state index < -0.39 is 27.5 Å². The number of rotatable bonds is 6. The molecule has 0 radical (unpaired) electrons. The summed E-state index contributed by atoms with van der Waals surface area (Å²) in [6.45, 7) is 5.23. The van der Waals surface area contributed by atoms with Crippen molar-refractivity contribution < 1.29 is 22.3 Å². The zero-order chi connectivity index (χ0) is 24.4. The van der Waals surface area contributed by atoms with Crippen LogP contribution in [0.1, 0.15) is 26.3 Å². The molecule has 8 nitrogen and oxygen atoms in total. The summed E-state index contributed by atoms with van der Waals surface area (Å²) in [6, 6.07) is 12.5. The summed E-state index contributed by atoms with van der Waals surface area (Å²) in [6.07, 6.45) is 0.731. The van der Waals surface area contributed by atoms with Gasteiger partial charge in [-0.2, -0.15) is 0 Å². The maximum Gasteiger partial charge on any atom is 0.410 e. The topological polar surface area (TPSA) is 98.0 Å². The summed E-state index contributed by atoms with van der Waals surface area (Å²) < 4.78 is 47.7. The number of nitrogens with zero attached hydrogens (tertiary/aromatic N) is 3. The average Bonchev–Trinajstić information content (AvgIpc) is 3.17. The Balaban J connectivity index is 2.09. The predicted octanol–water partition coefficient (Wildman–Crippen LogP) is 5.30. The fraction of sp³-hybridized carbons (Fsp3) is 0.261. The third kappa shape index (κ3) is 5.46. The maximum absolute atomic E-state index is 14.6. The lowest BCUT2D eigenvalue weighted by molar-refractivity contribution is 0.0285. The van der Waals surface area contributed by atoms with E-state index in [1.807, 2.05) is 0 Å². The van der Waals surface area contributed by atoms with Crippen molar-refractivity contribution in [3.63, 3.8) is 0 Å². The summed E-state index contributed by atoms with van der Waals surface area (Å²) in [7, 11) is -2.70. The van der Waals surface area contributed by atoms with Gasteiger partial charge in [-0.25, -0.2) is 21.6 Å². The highest BCUT2D eigenvalue weighted by molar-refractivity contribution is 7.90. The van der Waals surface area contributed by atoms with Crippen molar-refractivity contribution in [2.45, 2.75) is 37.8 Å². The highest BCUT2D eigenvalue weighted by Crippen LogP contribution is 2.30. The zero-order valence-electron chi connectivity index (χ0n) is 18.6. The van der Waals surface area contributed by atoms with Gasteiger partial charge in [0.05, 0.1) is 17.1 Å². The lowest BCUT2D eigenvalue weighted by Gasteiger charge is -2.24. The van der Waals surface area contributed by atoms with Gasteiger partial charge in [0, 0.05) is 18.8 Å². The van der Waals surface area contributed by atoms with E-state index in [0.29, 0.717) is 5.56 Å². The van der Waals surface area contributed by atoms with E-state index in [0.717, 1.165) is 10.0 Å². The second-order valence-corrected chi connectivity index (χ2v) is 10.3. The molecule has 0 fully saturated rings. The van der Waals surface area contributed by atoms with Crippen LogP contribution in [-0.4, -0.2) is 36.0 Å². The number of carbonyl (C=O) groups is 1. The molecule has 0 bridgehead atoms. The molecule has 10 heteroatoms. The Hall–Kier alpha value is -3.53.